The number of pyridine rings is 1. The third kappa shape index (κ3) is 2.44. The molecule has 0 aliphatic carbocycles. The van der Waals surface area contributed by atoms with E-state index in [0.29, 0.717) is 6.04 Å². The molecule has 0 fully saturated rings. The van der Waals surface area contributed by atoms with Crippen LogP contribution in [-0.2, 0) is 0 Å². The van der Waals surface area contributed by atoms with Crippen LogP contribution >= 0.6 is 0 Å². The molecule has 1 heterocycles. The molecule has 0 saturated heterocycles. The third-order valence-corrected chi connectivity index (χ3v) is 2.50. The van der Waals surface area contributed by atoms with Gasteiger partial charge in [0.2, 0.25) is 0 Å². The van der Waals surface area contributed by atoms with E-state index in [2.05, 4.69) is 36.8 Å². The molecule has 0 N–H and O–H groups in total. The van der Waals surface area contributed by atoms with E-state index < -0.39 is 0 Å². The lowest BCUT2D eigenvalue weighted by atomic mass is 10.1. The third-order valence-electron chi connectivity index (χ3n) is 2.50. The second-order valence-electron chi connectivity index (χ2n) is 3.27. The molecule has 0 unspecified atom stereocenters. The average Bonchev–Trinajstić information content (AvgIpc) is 2.21. The van der Waals surface area contributed by atoms with Crippen molar-refractivity contribution in [1.29, 1.82) is 0 Å². The first-order chi connectivity index (χ1) is 6.29. The molecule has 0 bridgehead atoms. The van der Waals surface area contributed by atoms with Crippen molar-refractivity contribution in [3.63, 3.8) is 0 Å². The van der Waals surface area contributed by atoms with Gasteiger partial charge in [0.25, 0.3) is 0 Å². The summed E-state index contributed by atoms with van der Waals surface area (Å²) < 4.78 is 0. The van der Waals surface area contributed by atoms with Crippen LogP contribution in [0.3, 0.4) is 0 Å². The summed E-state index contributed by atoms with van der Waals surface area (Å²) in [6.07, 6.45) is 4.18. The van der Waals surface area contributed by atoms with E-state index in [-0.39, 0.29) is 0 Å². The number of aromatic nitrogens is 1. The van der Waals surface area contributed by atoms with Crippen molar-refractivity contribution in [3.05, 3.63) is 24.4 Å². The van der Waals surface area contributed by atoms with Gasteiger partial charge in [-0.2, -0.15) is 0 Å². The number of rotatable bonds is 4. The normalized spacial score (nSPS) is 10.5. The van der Waals surface area contributed by atoms with Gasteiger partial charge in [-0.1, -0.05) is 19.9 Å². The van der Waals surface area contributed by atoms with E-state index in [1.165, 1.54) is 12.8 Å². The second-order valence-corrected chi connectivity index (χ2v) is 3.27. The highest BCUT2D eigenvalue weighted by atomic mass is 15.2. The van der Waals surface area contributed by atoms with Crippen molar-refractivity contribution in [3.8, 4) is 0 Å². The van der Waals surface area contributed by atoms with Crippen LogP contribution in [0.2, 0.25) is 0 Å². The Labute approximate surface area is 80.6 Å². The van der Waals surface area contributed by atoms with E-state index in [9.17, 15) is 0 Å². The van der Waals surface area contributed by atoms with Gasteiger partial charge in [0, 0.05) is 19.3 Å². The van der Waals surface area contributed by atoms with Crippen LogP contribution in [-0.4, -0.2) is 18.1 Å². The van der Waals surface area contributed by atoms with Crippen molar-refractivity contribution in [2.75, 3.05) is 11.9 Å². The lowest BCUT2D eigenvalue weighted by Crippen LogP contribution is -2.30. The zero-order valence-electron chi connectivity index (χ0n) is 8.70. The second kappa shape index (κ2) is 4.85. The number of hydrogen-bond acceptors (Lipinski definition) is 2. The Morgan fingerprint density at radius 3 is 2.46 bits per heavy atom. The predicted molar refractivity (Wildman–Crippen MR) is 57.0 cm³/mol. The molecule has 0 aliphatic rings. The number of nitrogens with zero attached hydrogens (tertiary/aromatic N) is 2. The van der Waals surface area contributed by atoms with E-state index >= 15 is 0 Å². The molecular weight excluding hydrogens is 160 g/mol. The first kappa shape index (κ1) is 10.0. The van der Waals surface area contributed by atoms with Crippen molar-refractivity contribution >= 4 is 5.82 Å². The topological polar surface area (TPSA) is 16.1 Å². The molecule has 0 spiro atoms. The summed E-state index contributed by atoms with van der Waals surface area (Å²) in [6, 6.07) is 6.64. The maximum absolute atomic E-state index is 4.32. The molecule has 0 aromatic carbocycles. The highest BCUT2D eigenvalue weighted by Crippen LogP contribution is 2.14. The lowest BCUT2D eigenvalue weighted by Gasteiger charge is -2.27. The molecule has 0 radical (unpaired) electrons. The van der Waals surface area contributed by atoms with Crippen LogP contribution in [0.1, 0.15) is 26.7 Å². The van der Waals surface area contributed by atoms with Gasteiger partial charge in [-0.25, -0.2) is 4.98 Å². The fourth-order valence-corrected chi connectivity index (χ4v) is 1.59. The highest BCUT2D eigenvalue weighted by Gasteiger charge is 2.10. The van der Waals surface area contributed by atoms with E-state index in [0.717, 1.165) is 5.82 Å². The van der Waals surface area contributed by atoms with Crippen molar-refractivity contribution in [2.45, 2.75) is 32.7 Å². The SMILES string of the molecule is CCC(CC)N(C)c1ccccn1. The Kier molecular flexibility index (Phi) is 3.74. The van der Waals surface area contributed by atoms with Gasteiger partial charge in [0.1, 0.15) is 5.82 Å². The van der Waals surface area contributed by atoms with Crippen molar-refractivity contribution < 1.29 is 0 Å². The molecule has 1 aromatic rings. The molecule has 0 saturated carbocycles. The Morgan fingerprint density at radius 1 is 1.31 bits per heavy atom. The Bertz CT molecular complexity index is 229. The smallest absolute Gasteiger partial charge is 0.128 e. The summed E-state index contributed by atoms with van der Waals surface area (Å²) in [5, 5.41) is 0. The molecular formula is C11H18N2. The van der Waals surface area contributed by atoms with E-state index in [1.807, 2.05) is 18.3 Å². The van der Waals surface area contributed by atoms with Gasteiger partial charge in [0.15, 0.2) is 0 Å². The minimum absolute atomic E-state index is 0.606. The van der Waals surface area contributed by atoms with Crippen LogP contribution in [0.5, 0.6) is 0 Å². The first-order valence-electron chi connectivity index (χ1n) is 4.93. The predicted octanol–water partition coefficient (Wildman–Crippen LogP) is 2.71. The summed E-state index contributed by atoms with van der Waals surface area (Å²) in [5.41, 5.74) is 0. The van der Waals surface area contributed by atoms with Crippen LogP contribution in [0.25, 0.3) is 0 Å². The monoisotopic (exact) mass is 178 g/mol. The summed E-state index contributed by atoms with van der Waals surface area (Å²) in [7, 11) is 2.11. The van der Waals surface area contributed by atoms with Crippen molar-refractivity contribution in [2.24, 2.45) is 0 Å². The van der Waals surface area contributed by atoms with Gasteiger partial charge >= 0.3 is 0 Å². The van der Waals surface area contributed by atoms with Crippen LogP contribution in [0.15, 0.2) is 24.4 Å². The minimum atomic E-state index is 0.606. The quantitative estimate of drug-likeness (QED) is 0.704. The van der Waals surface area contributed by atoms with Crippen LogP contribution in [0.4, 0.5) is 5.82 Å². The molecule has 1 rings (SSSR count). The Balaban J connectivity index is 2.72. The summed E-state index contributed by atoms with van der Waals surface area (Å²) >= 11 is 0. The molecule has 0 aliphatic heterocycles. The molecule has 0 amide bonds. The van der Waals surface area contributed by atoms with E-state index in [1.54, 1.807) is 0 Å². The zero-order valence-corrected chi connectivity index (χ0v) is 8.70. The molecule has 1 aromatic heterocycles. The molecule has 13 heavy (non-hydrogen) atoms. The summed E-state index contributed by atoms with van der Waals surface area (Å²) in [4.78, 5) is 6.57. The lowest BCUT2D eigenvalue weighted by molar-refractivity contribution is 0.587. The highest BCUT2D eigenvalue weighted by molar-refractivity contribution is 5.37. The summed E-state index contributed by atoms with van der Waals surface area (Å²) in [5.74, 6) is 1.07. The maximum atomic E-state index is 4.32. The molecule has 0 atom stereocenters. The fourth-order valence-electron chi connectivity index (χ4n) is 1.59. The van der Waals surface area contributed by atoms with Gasteiger partial charge in [-0.3, -0.25) is 0 Å². The molecule has 2 nitrogen and oxygen atoms in total. The number of anilines is 1. The van der Waals surface area contributed by atoms with Gasteiger partial charge < -0.3 is 4.90 Å². The van der Waals surface area contributed by atoms with Gasteiger partial charge in [-0.15, -0.1) is 0 Å². The zero-order chi connectivity index (χ0) is 9.68. The van der Waals surface area contributed by atoms with Crippen LogP contribution in [0, 0.1) is 0 Å². The summed E-state index contributed by atoms with van der Waals surface area (Å²) in [6.45, 7) is 4.43. The van der Waals surface area contributed by atoms with Crippen LogP contribution < -0.4 is 4.90 Å². The Morgan fingerprint density at radius 2 is 2.00 bits per heavy atom. The van der Waals surface area contributed by atoms with E-state index in [4.69, 9.17) is 0 Å². The number of hydrogen-bond donors (Lipinski definition) is 0. The molecule has 2 heteroatoms. The first-order valence-corrected chi connectivity index (χ1v) is 4.93. The average molecular weight is 178 g/mol. The maximum Gasteiger partial charge on any atom is 0.128 e. The fraction of sp³-hybridized carbons (Fsp3) is 0.545. The van der Waals surface area contributed by atoms with Gasteiger partial charge in [-0.05, 0) is 25.0 Å². The van der Waals surface area contributed by atoms with Gasteiger partial charge in [0.05, 0.1) is 0 Å². The minimum Gasteiger partial charge on any atom is -0.357 e. The Hall–Kier alpha value is -1.05. The van der Waals surface area contributed by atoms with Crippen molar-refractivity contribution in [1.82, 2.24) is 4.98 Å². The molecule has 72 valence electrons. The standard InChI is InChI=1S/C11H18N2/c1-4-10(5-2)13(3)11-8-6-7-9-12-11/h6-10H,4-5H2,1-3H3. The largest absolute Gasteiger partial charge is 0.357 e.